The highest BCUT2D eigenvalue weighted by molar-refractivity contribution is 14.1. The summed E-state index contributed by atoms with van der Waals surface area (Å²) >= 11 is 2.44. The minimum Gasteiger partial charge on any atom is -0.0860 e. The van der Waals surface area contributed by atoms with Crippen molar-refractivity contribution in [1.29, 1.82) is 0 Å². The molecule has 0 aliphatic carbocycles. The van der Waals surface area contributed by atoms with Crippen LogP contribution in [0.3, 0.4) is 0 Å². The molecule has 18 heavy (non-hydrogen) atoms. The number of halogens is 1. The molecule has 0 unspecified atom stereocenters. The maximum Gasteiger partial charge on any atom is 0.00358 e. The van der Waals surface area contributed by atoms with Gasteiger partial charge < -0.3 is 0 Å². The molecule has 0 nitrogen and oxygen atoms in total. The summed E-state index contributed by atoms with van der Waals surface area (Å²) in [5.41, 5.74) is 2.99. The van der Waals surface area contributed by atoms with Crippen LogP contribution in [0.5, 0.6) is 0 Å². The van der Waals surface area contributed by atoms with Crippen molar-refractivity contribution in [3.8, 4) is 0 Å². The molecule has 0 saturated carbocycles. The van der Waals surface area contributed by atoms with Crippen LogP contribution in [0.2, 0.25) is 0 Å². The molecule has 0 amide bonds. The minimum atomic E-state index is 1.21. The summed E-state index contributed by atoms with van der Waals surface area (Å²) in [5.74, 6) is 0. The molecule has 0 bridgehead atoms. The molecular weight excluding hydrogens is 331 g/mol. The first-order chi connectivity index (χ1) is 8.86. The summed E-state index contributed by atoms with van der Waals surface area (Å²) in [6.45, 7) is 2.28. The summed E-state index contributed by atoms with van der Waals surface area (Å²) in [6.07, 6.45) is 12.3. The molecule has 0 N–H and O–H groups in total. The van der Waals surface area contributed by atoms with Crippen molar-refractivity contribution < 1.29 is 0 Å². The number of aryl methyl sites for hydroxylation is 2. The molecule has 0 atom stereocenters. The van der Waals surface area contributed by atoms with Gasteiger partial charge in [0.2, 0.25) is 0 Å². The van der Waals surface area contributed by atoms with E-state index in [-0.39, 0.29) is 0 Å². The Bertz CT molecular complexity index is 289. The first kappa shape index (κ1) is 16.0. The fraction of sp³-hybridized carbons (Fsp3) is 0.647. The molecule has 0 radical (unpaired) electrons. The fourth-order valence-corrected chi connectivity index (χ4v) is 2.89. The molecule has 1 aromatic carbocycles. The molecule has 0 aliphatic heterocycles. The molecule has 0 aliphatic rings. The van der Waals surface area contributed by atoms with Crippen molar-refractivity contribution in [2.45, 2.75) is 64.7 Å². The monoisotopic (exact) mass is 358 g/mol. The Hall–Kier alpha value is -0.0500. The van der Waals surface area contributed by atoms with Gasteiger partial charge in [-0.1, -0.05) is 92.3 Å². The van der Waals surface area contributed by atoms with E-state index < -0.39 is 0 Å². The SMILES string of the molecule is CCCCCCCCCc1ccc(CCI)cc1. The van der Waals surface area contributed by atoms with Gasteiger partial charge >= 0.3 is 0 Å². The lowest BCUT2D eigenvalue weighted by atomic mass is 10.0. The maximum absolute atomic E-state index is 2.44. The van der Waals surface area contributed by atoms with Crippen LogP contribution in [0.15, 0.2) is 24.3 Å². The smallest absolute Gasteiger partial charge is 0.00358 e. The maximum atomic E-state index is 2.44. The second-order valence-corrected chi connectivity index (χ2v) is 6.21. The lowest BCUT2D eigenvalue weighted by molar-refractivity contribution is 0.589. The summed E-state index contributed by atoms with van der Waals surface area (Å²) < 4.78 is 1.22. The Labute approximate surface area is 127 Å². The third-order valence-electron chi connectivity index (χ3n) is 3.48. The average Bonchev–Trinajstić information content (AvgIpc) is 2.40. The largest absolute Gasteiger partial charge is 0.0860 e. The van der Waals surface area contributed by atoms with E-state index in [4.69, 9.17) is 0 Å². The summed E-state index contributed by atoms with van der Waals surface area (Å²) in [7, 11) is 0. The molecule has 1 rings (SSSR count). The van der Waals surface area contributed by atoms with Gasteiger partial charge in [0.05, 0.1) is 0 Å². The van der Waals surface area contributed by atoms with Crippen molar-refractivity contribution in [2.75, 3.05) is 4.43 Å². The Kier molecular flexibility index (Phi) is 9.63. The lowest BCUT2D eigenvalue weighted by Crippen LogP contribution is -1.89. The van der Waals surface area contributed by atoms with Crippen LogP contribution in [-0.2, 0) is 12.8 Å². The summed E-state index contributed by atoms with van der Waals surface area (Å²) in [5, 5.41) is 0. The van der Waals surface area contributed by atoms with Crippen LogP contribution in [0.1, 0.15) is 63.0 Å². The standard InChI is InChI=1S/C17H27I/c1-2-3-4-5-6-7-8-9-16-10-12-17(13-11-16)14-15-18/h10-13H,2-9,14-15H2,1H3. The zero-order chi connectivity index (χ0) is 13.1. The van der Waals surface area contributed by atoms with Gasteiger partial charge in [-0.2, -0.15) is 0 Å². The quantitative estimate of drug-likeness (QED) is 0.275. The first-order valence-corrected chi connectivity index (χ1v) is 9.03. The Balaban J connectivity index is 2.08. The van der Waals surface area contributed by atoms with Gasteiger partial charge in [0.15, 0.2) is 0 Å². The van der Waals surface area contributed by atoms with E-state index in [1.807, 2.05) is 0 Å². The van der Waals surface area contributed by atoms with E-state index in [0.29, 0.717) is 0 Å². The highest BCUT2D eigenvalue weighted by atomic mass is 127. The first-order valence-electron chi connectivity index (χ1n) is 7.50. The zero-order valence-electron chi connectivity index (χ0n) is 11.8. The van der Waals surface area contributed by atoms with Crippen LogP contribution >= 0.6 is 22.6 Å². The van der Waals surface area contributed by atoms with E-state index in [2.05, 4.69) is 53.8 Å². The van der Waals surface area contributed by atoms with Gasteiger partial charge in [-0.05, 0) is 30.4 Å². The van der Waals surface area contributed by atoms with Gasteiger partial charge in [-0.3, -0.25) is 0 Å². The van der Waals surface area contributed by atoms with Gasteiger partial charge in [0, 0.05) is 4.43 Å². The molecule has 1 heteroatoms. The van der Waals surface area contributed by atoms with Crippen LogP contribution in [0, 0.1) is 0 Å². The number of benzene rings is 1. The van der Waals surface area contributed by atoms with Gasteiger partial charge in [0.25, 0.3) is 0 Å². The normalized spacial score (nSPS) is 10.8. The molecule has 0 saturated heterocycles. The van der Waals surface area contributed by atoms with E-state index >= 15 is 0 Å². The van der Waals surface area contributed by atoms with E-state index in [9.17, 15) is 0 Å². The van der Waals surface area contributed by atoms with Crippen LogP contribution in [0.25, 0.3) is 0 Å². The van der Waals surface area contributed by atoms with E-state index in [1.54, 1.807) is 0 Å². The van der Waals surface area contributed by atoms with Crippen LogP contribution in [-0.4, -0.2) is 4.43 Å². The Morgan fingerprint density at radius 2 is 1.22 bits per heavy atom. The Morgan fingerprint density at radius 1 is 0.722 bits per heavy atom. The zero-order valence-corrected chi connectivity index (χ0v) is 13.9. The minimum absolute atomic E-state index is 1.21. The third-order valence-corrected chi connectivity index (χ3v) is 4.01. The van der Waals surface area contributed by atoms with Crippen molar-refractivity contribution in [3.63, 3.8) is 0 Å². The lowest BCUT2D eigenvalue weighted by Gasteiger charge is -2.04. The van der Waals surface area contributed by atoms with Crippen LogP contribution < -0.4 is 0 Å². The number of hydrogen-bond donors (Lipinski definition) is 0. The molecule has 0 aromatic heterocycles. The molecule has 102 valence electrons. The van der Waals surface area contributed by atoms with Gasteiger partial charge in [-0.25, -0.2) is 0 Å². The second-order valence-electron chi connectivity index (χ2n) is 5.13. The van der Waals surface area contributed by atoms with E-state index in [0.717, 1.165) is 0 Å². The number of unbranched alkanes of at least 4 members (excludes halogenated alkanes) is 6. The molecule has 1 aromatic rings. The van der Waals surface area contributed by atoms with Gasteiger partial charge in [-0.15, -0.1) is 0 Å². The summed E-state index contributed by atoms with van der Waals surface area (Å²) in [4.78, 5) is 0. The van der Waals surface area contributed by atoms with Crippen molar-refractivity contribution in [3.05, 3.63) is 35.4 Å². The van der Waals surface area contributed by atoms with Gasteiger partial charge in [0.1, 0.15) is 0 Å². The fourth-order valence-electron chi connectivity index (χ4n) is 2.27. The van der Waals surface area contributed by atoms with Crippen molar-refractivity contribution >= 4 is 22.6 Å². The Morgan fingerprint density at radius 3 is 1.78 bits per heavy atom. The number of hydrogen-bond acceptors (Lipinski definition) is 0. The van der Waals surface area contributed by atoms with Crippen molar-refractivity contribution in [2.24, 2.45) is 0 Å². The second kappa shape index (κ2) is 10.8. The van der Waals surface area contributed by atoms with Crippen LogP contribution in [0.4, 0.5) is 0 Å². The topological polar surface area (TPSA) is 0 Å². The highest BCUT2D eigenvalue weighted by Gasteiger charge is 1.96. The summed E-state index contributed by atoms with van der Waals surface area (Å²) in [6, 6.07) is 9.24. The van der Waals surface area contributed by atoms with E-state index in [1.165, 1.54) is 73.3 Å². The molecule has 0 spiro atoms. The molecule has 0 heterocycles. The average molecular weight is 358 g/mol. The predicted octanol–water partition coefficient (Wildman–Crippen LogP) is 5.96. The number of rotatable bonds is 10. The van der Waals surface area contributed by atoms with Crippen molar-refractivity contribution in [1.82, 2.24) is 0 Å². The predicted molar refractivity (Wildman–Crippen MR) is 90.7 cm³/mol. The molecule has 0 fully saturated rings. The highest BCUT2D eigenvalue weighted by Crippen LogP contribution is 2.12. The molecular formula is C17H27I. The third kappa shape index (κ3) is 7.40. The number of alkyl halides is 1.